The molecule has 0 bridgehead atoms. The van der Waals surface area contributed by atoms with Crippen LogP contribution in [0.25, 0.3) is 0 Å². The second-order valence-electron chi connectivity index (χ2n) is 7.81. The highest BCUT2D eigenvalue weighted by atomic mass is 35.5. The summed E-state index contributed by atoms with van der Waals surface area (Å²) in [5.74, 6) is -2.44. The third kappa shape index (κ3) is 9.54. The van der Waals surface area contributed by atoms with Gasteiger partial charge in [0.1, 0.15) is 12.4 Å². The van der Waals surface area contributed by atoms with Gasteiger partial charge in [-0.25, -0.2) is 4.79 Å². The zero-order chi connectivity index (χ0) is 29.0. The first kappa shape index (κ1) is 29.8. The van der Waals surface area contributed by atoms with Gasteiger partial charge < -0.3 is 20.1 Å². The Labute approximate surface area is 231 Å². The van der Waals surface area contributed by atoms with Gasteiger partial charge in [0.05, 0.1) is 6.54 Å². The third-order valence-electron chi connectivity index (χ3n) is 4.97. The molecule has 0 aliphatic rings. The number of carbonyl (C=O) groups is 2. The summed E-state index contributed by atoms with van der Waals surface area (Å²) in [6.45, 7) is 1.74. The van der Waals surface area contributed by atoms with Gasteiger partial charge in [0.2, 0.25) is 0 Å². The predicted octanol–water partition coefficient (Wildman–Crippen LogP) is 4.19. The molecule has 15 heteroatoms. The lowest BCUT2D eigenvalue weighted by Crippen LogP contribution is -2.34. The molecule has 0 saturated carbocycles. The summed E-state index contributed by atoms with van der Waals surface area (Å²) in [5, 5.41) is 22.4. The van der Waals surface area contributed by atoms with Crippen LogP contribution in [0.4, 0.5) is 24.5 Å². The second kappa shape index (κ2) is 14.4. The monoisotopic (exact) mass is 577 g/mol. The highest BCUT2D eigenvalue weighted by molar-refractivity contribution is 6.31. The van der Waals surface area contributed by atoms with Crippen molar-refractivity contribution in [1.29, 1.82) is 0 Å². The number of nitrogens with zero attached hydrogens (tertiary/aromatic N) is 6. The molecule has 0 unspecified atom stereocenters. The molecule has 0 aliphatic heterocycles. The number of rotatable bonds is 10. The Hall–Kier alpha value is -4.72. The van der Waals surface area contributed by atoms with Crippen molar-refractivity contribution in [3.63, 3.8) is 0 Å². The fourth-order valence-corrected chi connectivity index (χ4v) is 3.42. The van der Waals surface area contributed by atoms with Gasteiger partial charge in [-0.1, -0.05) is 29.8 Å². The highest BCUT2D eigenvalue weighted by Crippen LogP contribution is 2.24. The lowest BCUT2D eigenvalue weighted by atomic mass is 10.1. The van der Waals surface area contributed by atoms with Crippen LogP contribution in [0.2, 0.25) is 5.02 Å². The molecular weight excluding hydrogens is 555 g/mol. The number of amides is 1. The van der Waals surface area contributed by atoms with E-state index in [1.165, 1.54) is 11.1 Å². The molecule has 4 aromatic rings. The van der Waals surface area contributed by atoms with Crippen LogP contribution in [0, 0.1) is 0 Å². The fraction of sp³-hybridized carbons (Fsp3) is 0.200. The average molecular weight is 578 g/mol. The van der Waals surface area contributed by atoms with E-state index in [0.29, 0.717) is 42.6 Å². The molecule has 2 heterocycles. The van der Waals surface area contributed by atoms with Crippen molar-refractivity contribution in [3.8, 4) is 5.75 Å². The van der Waals surface area contributed by atoms with E-state index < -0.39 is 12.1 Å². The molecule has 4 rings (SSSR count). The molecule has 2 aromatic heterocycles. The average Bonchev–Trinajstić information content (AvgIpc) is 3.46. The Morgan fingerprint density at radius 3 is 2.40 bits per heavy atom. The molecule has 0 radical (unpaired) electrons. The molecule has 1 amide bonds. The van der Waals surface area contributed by atoms with Gasteiger partial charge >= 0.3 is 12.1 Å². The number of pyridine rings is 1. The summed E-state index contributed by atoms with van der Waals surface area (Å²) in [5.41, 5.74) is 2.14. The molecule has 0 saturated heterocycles. The fourth-order valence-electron chi connectivity index (χ4n) is 3.20. The van der Waals surface area contributed by atoms with E-state index in [9.17, 15) is 18.0 Å². The third-order valence-corrected chi connectivity index (χ3v) is 5.19. The summed E-state index contributed by atoms with van der Waals surface area (Å²) >= 11 is 6.31. The number of anilines is 2. The molecule has 11 nitrogen and oxygen atoms in total. The number of carbonyl (C=O) groups excluding carboxylic acids is 1. The lowest BCUT2D eigenvalue weighted by Gasteiger charge is -2.23. The van der Waals surface area contributed by atoms with Gasteiger partial charge in [-0.15, -0.1) is 10.2 Å². The first-order valence-electron chi connectivity index (χ1n) is 11.6. The predicted molar refractivity (Wildman–Crippen MR) is 139 cm³/mol. The van der Waals surface area contributed by atoms with Gasteiger partial charge in [-0.05, 0) is 47.7 Å². The number of carboxylic acid groups (broad SMARTS) is 1. The van der Waals surface area contributed by atoms with E-state index in [2.05, 4.69) is 25.7 Å². The van der Waals surface area contributed by atoms with E-state index in [0.717, 1.165) is 11.4 Å². The first-order chi connectivity index (χ1) is 19.1. The van der Waals surface area contributed by atoms with Crippen molar-refractivity contribution in [2.24, 2.45) is 0 Å². The van der Waals surface area contributed by atoms with Crippen molar-refractivity contribution in [3.05, 3.63) is 90.0 Å². The Kier molecular flexibility index (Phi) is 10.8. The van der Waals surface area contributed by atoms with Gasteiger partial charge in [0.15, 0.2) is 6.33 Å². The Morgan fingerprint density at radius 1 is 1.07 bits per heavy atom. The lowest BCUT2D eigenvalue weighted by molar-refractivity contribution is -0.192. The minimum Gasteiger partial charge on any atom is -0.492 e. The summed E-state index contributed by atoms with van der Waals surface area (Å²) in [4.78, 5) is 29.4. The number of aliphatic carboxylic acids is 1. The number of nitrogens with one attached hydrogen (secondary N) is 1. The Bertz CT molecular complexity index is 1360. The van der Waals surface area contributed by atoms with Crippen LogP contribution in [-0.2, 0) is 11.3 Å². The topological polar surface area (TPSA) is 135 Å². The normalized spacial score (nSPS) is 10.7. The number of tetrazole rings is 1. The molecule has 0 aliphatic carbocycles. The minimum absolute atomic E-state index is 0.205. The zero-order valence-corrected chi connectivity index (χ0v) is 21.5. The Balaban J connectivity index is 0.000000559. The van der Waals surface area contributed by atoms with Crippen LogP contribution < -0.4 is 15.0 Å². The summed E-state index contributed by atoms with van der Waals surface area (Å²) in [6.07, 6.45) is -0.288. The number of alkyl halides is 3. The number of hydrogen-bond acceptors (Lipinski definition) is 8. The molecule has 40 heavy (non-hydrogen) atoms. The van der Waals surface area contributed by atoms with Gasteiger partial charge in [-0.3, -0.25) is 9.78 Å². The van der Waals surface area contributed by atoms with Crippen LogP contribution in [0.15, 0.2) is 79.4 Å². The number of aromatic nitrogens is 5. The first-order valence-corrected chi connectivity index (χ1v) is 12.0. The SMILES string of the molecule is O=C(O)C(F)(F)F.O=C(c1cc(Cl)cc(OCCNc2ccncc2)c1)N(CCn1ncnn1)c1ccccc1. The molecule has 210 valence electrons. The van der Waals surface area contributed by atoms with Crippen LogP contribution in [0.1, 0.15) is 10.4 Å². The van der Waals surface area contributed by atoms with Crippen molar-refractivity contribution >= 4 is 34.9 Å². The van der Waals surface area contributed by atoms with E-state index >= 15 is 0 Å². The highest BCUT2D eigenvalue weighted by Gasteiger charge is 2.38. The zero-order valence-electron chi connectivity index (χ0n) is 20.7. The maximum atomic E-state index is 13.5. The molecule has 0 fully saturated rings. The summed E-state index contributed by atoms with van der Waals surface area (Å²) in [6, 6.07) is 18.2. The van der Waals surface area contributed by atoms with Crippen molar-refractivity contribution in [1.82, 2.24) is 25.2 Å². The minimum atomic E-state index is -5.08. The number of ether oxygens (including phenoxy) is 1. The molecule has 2 aromatic carbocycles. The number of benzene rings is 2. The van der Waals surface area contributed by atoms with Crippen LogP contribution in [0.5, 0.6) is 5.75 Å². The largest absolute Gasteiger partial charge is 0.492 e. The maximum Gasteiger partial charge on any atom is 0.490 e. The summed E-state index contributed by atoms with van der Waals surface area (Å²) < 4.78 is 37.6. The number of para-hydroxylation sites is 1. The van der Waals surface area contributed by atoms with E-state index in [4.69, 9.17) is 26.2 Å². The smallest absolute Gasteiger partial charge is 0.490 e. The van der Waals surface area contributed by atoms with E-state index in [1.807, 2.05) is 42.5 Å². The standard InChI is InChI=1S/C23H22ClN7O2.C2HF3O2/c24-19-14-18(15-22(16-19)33-13-10-26-20-6-8-25-9-7-20)23(32)30(21-4-2-1-3-5-21)11-12-31-28-17-27-29-31;3-2(4,5)1(6)7/h1-9,14-17H,10-13H2,(H,25,26);(H,6,7). The number of hydrogen-bond donors (Lipinski definition) is 2. The van der Waals surface area contributed by atoms with Gasteiger partial charge in [0, 0.05) is 47.4 Å². The van der Waals surface area contributed by atoms with E-state index in [1.54, 1.807) is 35.5 Å². The maximum absolute atomic E-state index is 13.5. The molecule has 0 atom stereocenters. The quantitative estimate of drug-likeness (QED) is 0.266. The molecule has 2 N–H and O–H groups in total. The van der Waals surface area contributed by atoms with Crippen LogP contribution in [-0.4, -0.2) is 68.0 Å². The van der Waals surface area contributed by atoms with Crippen LogP contribution >= 0.6 is 11.6 Å². The molecular formula is C25H23ClF3N7O4. The Morgan fingerprint density at radius 2 is 1.77 bits per heavy atom. The number of carboxylic acids is 1. The summed E-state index contributed by atoms with van der Waals surface area (Å²) in [7, 11) is 0. The number of halogens is 4. The van der Waals surface area contributed by atoms with Crippen molar-refractivity contribution in [2.75, 3.05) is 29.9 Å². The van der Waals surface area contributed by atoms with Crippen molar-refractivity contribution < 1.29 is 32.6 Å². The molecule has 0 spiro atoms. The van der Waals surface area contributed by atoms with Crippen molar-refractivity contribution in [2.45, 2.75) is 12.7 Å². The van der Waals surface area contributed by atoms with E-state index in [-0.39, 0.29) is 5.91 Å². The second-order valence-corrected chi connectivity index (χ2v) is 8.25. The van der Waals surface area contributed by atoms with Gasteiger partial charge in [-0.2, -0.15) is 18.0 Å². The van der Waals surface area contributed by atoms with Gasteiger partial charge in [0.25, 0.3) is 5.91 Å². The van der Waals surface area contributed by atoms with Crippen LogP contribution in [0.3, 0.4) is 0 Å².